The van der Waals surface area contributed by atoms with Crippen molar-refractivity contribution < 1.29 is 0 Å². The predicted octanol–water partition coefficient (Wildman–Crippen LogP) is 3.38. The molecule has 2 rings (SSSR count). The van der Waals surface area contributed by atoms with E-state index in [1.165, 1.54) is 11.1 Å². The first-order chi connectivity index (χ1) is 8.56. The van der Waals surface area contributed by atoms with E-state index >= 15 is 0 Å². The molecule has 0 aliphatic rings. The second kappa shape index (κ2) is 5.36. The molecule has 0 saturated heterocycles. The topological polar surface area (TPSA) is 29.0 Å². The first-order valence-electron chi connectivity index (χ1n) is 5.83. The van der Waals surface area contributed by atoms with E-state index in [1.807, 2.05) is 32.2 Å². The fourth-order valence-electron chi connectivity index (χ4n) is 1.84. The van der Waals surface area contributed by atoms with E-state index in [9.17, 15) is 0 Å². The van der Waals surface area contributed by atoms with Gasteiger partial charge in [-0.2, -0.15) is 0 Å². The Balaban J connectivity index is 2.22. The normalized spacial score (nSPS) is 10.4. The van der Waals surface area contributed by atoms with Crippen LogP contribution < -0.4 is 4.90 Å². The molecule has 3 nitrogen and oxygen atoms in total. The summed E-state index contributed by atoms with van der Waals surface area (Å²) in [4.78, 5) is 10.4. The van der Waals surface area contributed by atoms with Gasteiger partial charge in [-0.15, -0.1) is 0 Å². The number of nitrogens with zero attached hydrogens (tertiary/aromatic N) is 3. The molecule has 0 fully saturated rings. The van der Waals surface area contributed by atoms with E-state index in [2.05, 4.69) is 33.9 Å². The Labute approximate surface area is 112 Å². The van der Waals surface area contributed by atoms with Crippen LogP contribution >= 0.6 is 11.6 Å². The van der Waals surface area contributed by atoms with Gasteiger partial charge in [0.2, 0.25) is 5.28 Å². The van der Waals surface area contributed by atoms with E-state index in [0.717, 1.165) is 18.1 Å². The van der Waals surface area contributed by atoms with Crippen LogP contribution in [0.3, 0.4) is 0 Å². The Morgan fingerprint density at radius 2 is 1.89 bits per heavy atom. The summed E-state index contributed by atoms with van der Waals surface area (Å²) in [6.07, 6.45) is 0. The number of benzene rings is 1. The van der Waals surface area contributed by atoms with Crippen LogP contribution in [0.25, 0.3) is 0 Å². The second-order valence-corrected chi connectivity index (χ2v) is 4.76. The lowest BCUT2D eigenvalue weighted by Gasteiger charge is -2.19. The Kier molecular flexibility index (Phi) is 3.82. The third kappa shape index (κ3) is 2.99. The number of rotatable bonds is 3. The molecular weight excluding hydrogens is 246 g/mol. The molecule has 0 bridgehead atoms. The molecular formula is C14H16ClN3. The maximum Gasteiger partial charge on any atom is 0.224 e. The maximum absolute atomic E-state index is 5.88. The van der Waals surface area contributed by atoms with Gasteiger partial charge >= 0.3 is 0 Å². The summed E-state index contributed by atoms with van der Waals surface area (Å²) < 4.78 is 0. The quantitative estimate of drug-likeness (QED) is 0.793. The summed E-state index contributed by atoms with van der Waals surface area (Å²) in [7, 11) is 2.00. The number of hydrogen-bond acceptors (Lipinski definition) is 3. The van der Waals surface area contributed by atoms with Crippen molar-refractivity contribution in [1.29, 1.82) is 0 Å². The summed E-state index contributed by atoms with van der Waals surface area (Å²) >= 11 is 5.88. The number of halogens is 1. The molecule has 0 atom stereocenters. The first kappa shape index (κ1) is 12.8. The zero-order valence-corrected chi connectivity index (χ0v) is 11.6. The fourth-order valence-corrected chi connectivity index (χ4v) is 2.06. The van der Waals surface area contributed by atoms with Crippen LogP contribution in [0.15, 0.2) is 30.3 Å². The standard InChI is InChI=1S/C14H16ClN3/c1-10-6-4-5-7-12(10)9-18(3)13-8-11(2)16-14(15)17-13/h4-8H,9H2,1-3H3. The second-order valence-electron chi connectivity index (χ2n) is 4.42. The maximum atomic E-state index is 5.88. The molecule has 0 radical (unpaired) electrons. The van der Waals surface area contributed by atoms with Crippen LogP contribution in [-0.2, 0) is 6.54 Å². The molecule has 0 unspecified atom stereocenters. The Morgan fingerprint density at radius 1 is 1.17 bits per heavy atom. The number of hydrogen-bond donors (Lipinski definition) is 0. The summed E-state index contributed by atoms with van der Waals surface area (Å²) in [5, 5.41) is 0.293. The minimum Gasteiger partial charge on any atom is -0.355 e. The van der Waals surface area contributed by atoms with E-state index < -0.39 is 0 Å². The highest BCUT2D eigenvalue weighted by molar-refractivity contribution is 6.28. The lowest BCUT2D eigenvalue weighted by Crippen LogP contribution is -2.18. The molecule has 2 aromatic rings. The Hall–Kier alpha value is -1.61. The molecule has 0 saturated carbocycles. The van der Waals surface area contributed by atoms with E-state index in [0.29, 0.717) is 5.28 Å². The van der Waals surface area contributed by atoms with Gasteiger partial charge in [-0.05, 0) is 36.6 Å². The molecule has 1 heterocycles. The van der Waals surface area contributed by atoms with Gasteiger partial charge in [0.15, 0.2) is 0 Å². The van der Waals surface area contributed by atoms with Crippen LogP contribution in [0.1, 0.15) is 16.8 Å². The average molecular weight is 262 g/mol. The van der Waals surface area contributed by atoms with Crippen LogP contribution in [-0.4, -0.2) is 17.0 Å². The Morgan fingerprint density at radius 3 is 2.56 bits per heavy atom. The molecule has 0 amide bonds. The lowest BCUT2D eigenvalue weighted by molar-refractivity contribution is 0.880. The molecule has 1 aromatic carbocycles. The first-order valence-corrected chi connectivity index (χ1v) is 6.21. The number of aromatic nitrogens is 2. The zero-order chi connectivity index (χ0) is 13.1. The summed E-state index contributed by atoms with van der Waals surface area (Å²) in [5.74, 6) is 0.843. The van der Waals surface area contributed by atoms with E-state index in [-0.39, 0.29) is 0 Å². The van der Waals surface area contributed by atoms with Gasteiger partial charge < -0.3 is 4.90 Å². The molecule has 0 aliphatic heterocycles. The lowest BCUT2D eigenvalue weighted by atomic mass is 10.1. The van der Waals surface area contributed by atoms with E-state index in [1.54, 1.807) is 0 Å². The fraction of sp³-hybridized carbons (Fsp3) is 0.286. The molecule has 18 heavy (non-hydrogen) atoms. The van der Waals surface area contributed by atoms with Crippen molar-refractivity contribution >= 4 is 17.4 Å². The molecule has 1 aromatic heterocycles. The summed E-state index contributed by atoms with van der Waals surface area (Å²) in [5.41, 5.74) is 3.44. The van der Waals surface area contributed by atoms with Gasteiger partial charge in [-0.1, -0.05) is 24.3 Å². The molecule has 94 valence electrons. The van der Waals surface area contributed by atoms with Crippen LogP contribution in [0.4, 0.5) is 5.82 Å². The molecule has 4 heteroatoms. The summed E-state index contributed by atoms with van der Waals surface area (Å²) in [6, 6.07) is 10.3. The van der Waals surface area contributed by atoms with Crippen LogP contribution in [0, 0.1) is 13.8 Å². The third-order valence-electron chi connectivity index (χ3n) is 2.87. The molecule has 0 N–H and O–H groups in total. The molecule has 0 spiro atoms. The van der Waals surface area contributed by atoms with Gasteiger partial charge in [0, 0.05) is 25.4 Å². The largest absolute Gasteiger partial charge is 0.355 e. The Bertz CT molecular complexity index is 534. The minimum atomic E-state index is 0.293. The van der Waals surface area contributed by atoms with Gasteiger partial charge in [-0.3, -0.25) is 0 Å². The zero-order valence-electron chi connectivity index (χ0n) is 10.8. The van der Waals surface area contributed by atoms with Crippen LogP contribution in [0.5, 0.6) is 0 Å². The minimum absolute atomic E-state index is 0.293. The number of aryl methyl sites for hydroxylation is 2. The van der Waals surface area contributed by atoms with Crippen LogP contribution in [0.2, 0.25) is 5.28 Å². The van der Waals surface area contributed by atoms with Crippen molar-refractivity contribution in [3.8, 4) is 0 Å². The van der Waals surface area contributed by atoms with Crippen molar-refractivity contribution in [1.82, 2.24) is 9.97 Å². The van der Waals surface area contributed by atoms with Gasteiger partial charge in [-0.25, -0.2) is 9.97 Å². The van der Waals surface area contributed by atoms with Gasteiger partial charge in [0.25, 0.3) is 0 Å². The van der Waals surface area contributed by atoms with Gasteiger partial charge in [0.1, 0.15) is 5.82 Å². The molecule has 0 aliphatic carbocycles. The van der Waals surface area contributed by atoms with Crippen molar-refractivity contribution in [2.45, 2.75) is 20.4 Å². The SMILES string of the molecule is Cc1cc(N(C)Cc2ccccc2C)nc(Cl)n1. The highest BCUT2D eigenvalue weighted by atomic mass is 35.5. The third-order valence-corrected chi connectivity index (χ3v) is 3.04. The van der Waals surface area contributed by atoms with Gasteiger partial charge in [0.05, 0.1) is 0 Å². The highest BCUT2D eigenvalue weighted by Crippen LogP contribution is 2.17. The van der Waals surface area contributed by atoms with Crippen molar-refractivity contribution in [3.05, 3.63) is 52.4 Å². The highest BCUT2D eigenvalue weighted by Gasteiger charge is 2.07. The summed E-state index contributed by atoms with van der Waals surface area (Å²) in [6.45, 7) is 4.83. The van der Waals surface area contributed by atoms with Crippen molar-refractivity contribution in [3.63, 3.8) is 0 Å². The smallest absolute Gasteiger partial charge is 0.224 e. The predicted molar refractivity (Wildman–Crippen MR) is 75.1 cm³/mol. The van der Waals surface area contributed by atoms with E-state index in [4.69, 9.17) is 11.6 Å². The monoisotopic (exact) mass is 261 g/mol. The average Bonchev–Trinajstić information content (AvgIpc) is 2.31. The van der Waals surface area contributed by atoms with Crippen molar-refractivity contribution in [2.24, 2.45) is 0 Å². The van der Waals surface area contributed by atoms with Crippen molar-refractivity contribution in [2.75, 3.05) is 11.9 Å². The number of anilines is 1.